The van der Waals surface area contributed by atoms with Crippen molar-refractivity contribution in [2.75, 3.05) is 23.3 Å². The van der Waals surface area contributed by atoms with Crippen LogP contribution in [0.25, 0.3) is 0 Å². The Morgan fingerprint density at radius 1 is 0.897 bits per heavy atom. The lowest BCUT2D eigenvalue weighted by Gasteiger charge is -2.22. The van der Waals surface area contributed by atoms with Crippen LogP contribution in [0, 0.1) is 0 Å². The summed E-state index contributed by atoms with van der Waals surface area (Å²) in [4.78, 5) is 37.1. The van der Waals surface area contributed by atoms with Crippen molar-refractivity contribution in [2.24, 2.45) is 0 Å². The second-order valence-corrected chi connectivity index (χ2v) is 7.98. The fraction of sp³-hybridized carbons (Fsp3) is 0.348. The van der Waals surface area contributed by atoms with Crippen LogP contribution in [0.1, 0.15) is 50.5 Å². The Balaban J connectivity index is 1.96. The van der Waals surface area contributed by atoms with E-state index in [1.54, 1.807) is 29.2 Å². The lowest BCUT2D eigenvalue weighted by Crippen LogP contribution is -2.37. The minimum absolute atomic E-state index is 0.0342. The van der Waals surface area contributed by atoms with E-state index in [9.17, 15) is 14.4 Å². The molecule has 0 heterocycles. The summed E-state index contributed by atoms with van der Waals surface area (Å²) in [6, 6.07) is 14.6. The normalized spacial score (nSPS) is 10.9. The van der Waals surface area contributed by atoms with Gasteiger partial charge in [-0.1, -0.05) is 32.9 Å². The molecule has 2 aromatic rings. The van der Waals surface area contributed by atoms with E-state index in [-0.39, 0.29) is 23.1 Å². The van der Waals surface area contributed by atoms with Gasteiger partial charge in [0, 0.05) is 43.9 Å². The van der Waals surface area contributed by atoms with Gasteiger partial charge >= 0.3 is 0 Å². The van der Waals surface area contributed by atoms with Crippen molar-refractivity contribution in [1.82, 2.24) is 5.32 Å². The molecule has 29 heavy (non-hydrogen) atoms. The van der Waals surface area contributed by atoms with Gasteiger partial charge in [0.15, 0.2) is 0 Å². The molecule has 0 saturated carbocycles. The third-order valence-corrected chi connectivity index (χ3v) is 4.51. The number of hydrogen-bond acceptors (Lipinski definition) is 3. The summed E-state index contributed by atoms with van der Waals surface area (Å²) in [5, 5.41) is 5.55. The van der Waals surface area contributed by atoms with Crippen LogP contribution in [-0.4, -0.2) is 30.8 Å². The molecule has 0 saturated heterocycles. The molecule has 0 aliphatic heterocycles. The third kappa shape index (κ3) is 6.45. The minimum atomic E-state index is -0.171. The largest absolute Gasteiger partial charge is 0.350 e. The molecule has 0 aliphatic carbocycles. The minimum Gasteiger partial charge on any atom is -0.350 e. The molecule has 0 spiro atoms. The van der Waals surface area contributed by atoms with Crippen molar-refractivity contribution in [3.05, 3.63) is 59.7 Å². The van der Waals surface area contributed by atoms with Gasteiger partial charge in [0.25, 0.3) is 5.91 Å². The molecule has 3 amide bonds. The van der Waals surface area contributed by atoms with Crippen LogP contribution in [0.5, 0.6) is 0 Å². The zero-order valence-electron chi connectivity index (χ0n) is 17.7. The van der Waals surface area contributed by atoms with E-state index >= 15 is 0 Å². The third-order valence-electron chi connectivity index (χ3n) is 4.51. The SMILES string of the molecule is CC(=O)Nc1ccc(N(CCNC(=O)c2ccc(C(C)(C)C)cc2)C(C)=O)cc1. The molecule has 154 valence electrons. The maximum atomic E-state index is 12.4. The standard InChI is InChI=1S/C23H29N3O3/c1-16(27)25-20-10-12-21(13-11-20)26(17(2)28)15-14-24-22(29)18-6-8-19(9-7-18)23(3,4)5/h6-13H,14-15H2,1-5H3,(H,24,29)(H,25,27). The molecule has 2 N–H and O–H groups in total. The summed E-state index contributed by atoms with van der Waals surface area (Å²) in [7, 11) is 0. The Morgan fingerprint density at radius 2 is 1.48 bits per heavy atom. The second kappa shape index (κ2) is 9.37. The van der Waals surface area contributed by atoms with Gasteiger partial charge in [0.1, 0.15) is 0 Å². The van der Waals surface area contributed by atoms with Crippen molar-refractivity contribution in [3.63, 3.8) is 0 Å². The van der Waals surface area contributed by atoms with Gasteiger partial charge < -0.3 is 15.5 Å². The van der Waals surface area contributed by atoms with Gasteiger partial charge in [0.05, 0.1) is 0 Å². The Kier molecular flexibility index (Phi) is 7.15. The van der Waals surface area contributed by atoms with Crippen LogP contribution in [0.15, 0.2) is 48.5 Å². The zero-order valence-corrected chi connectivity index (χ0v) is 17.7. The Morgan fingerprint density at radius 3 is 1.97 bits per heavy atom. The van der Waals surface area contributed by atoms with E-state index < -0.39 is 0 Å². The van der Waals surface area contributed by atoms with Crippen molar-refractivity contribution < 1.29 is 14.4 Å². The van der Waals surface area contributed by atoms with Crippen LogP contribution in [0.3, 0.4) is 0 Å². The van der Waals surface area contributed by atoms with Gasteiger partial charge in [-0.2, -0.15) is 0 Å². The van der Waals surface area contributed by atoms with Gasteiger partial charge in [-0.15, -0.1) is 0 Å². The van der Waals surface area contributed by atoms with Crippen LogP contribution in [0.2, 0.25) is 0 Å². The summed E-state index contributed by atoms with van der Waals surface area (Å²) in [6.45, 7) is 9.97. The smallest absolute Gasteiger partial charge is 0.251 e. The monoisotopic (exact) mass is 395 g/mol. The highest BCUT2D eigenvalue weighted by atomic mass is 16.2. The average molecular weight is 396 g/mol. The molecule has 0 atom stereocenters. The highest BCUT2D eigenvalue weighted by Crippen LogP contribution is 2.22. The molecule has 6 heteroatoms. The maximum absolute atomic E-state index is 12.4. The molecule has 0 bridgehead atoms. The predicted molar refractivity (Wildman–Crippen MR) is 116 cm³/mol. The summed E-state index contributed by atoms with van der Waals surface area (Å²) >= 11 is 0. The number of nitrogens with zero attached hydrogens (tertiary/aromatic N) is 1. The highest BCUT2D eigenvalue weighted by molar-refractivity contribution is 5.95. The van der Waals surface area contributed by atoms with E-state index in [1.165, 1.54) is 19.4 Å². The number of rotatable bonds is 6. The van der Waals surface area contributed by atoms with E-state index in [2.05, 4.69) is 31.4 Å². The lowest BCUT2D eigenvalue weighted by molar-refractivity contribution is -0.116. The summed E-state index contributed by atoms with van der Waals surface area (Å²) < 4.78 is 0. The first-order valence-corrected chi connectivity index (χ1v) is 9.62. The highest BCUT2D eigenvalue weighted by Gasteiger charge is 2.15. The summed E-state index contributed by atoms with van der Waals surface area (Å²) in [6.07, 6.45) is 0. The topological polar surface area (TPSA) is 78.5 Å². The zero-order chi connectivity index (χ0) is 21.6. The number of hydrogen-bond donors (Lipinski definition) is 2. The van der Waals surface area contributed by atoms with Gasteiger partial charge in [0.2, 0.25) is 11.8 Å². The number of carbonyl (C=O) groups is 3. The van der Waals surface area contributed by atoms with Crippen LogP contribution in [-0.2, 0) is 15.0 Å². The summed E-state index contributed by atoms with van der Waals surface area (Å²) in [5.74, 6) is -0.449. The van der Waals surface area contributed by atoms with Gasteiger partial charge in [-0.3, -0.25) is 14.4 Å². The molecule has 6 nitrogen and oxygen atoms in total. The molecule has 0 radical (unpaired) electrons. The fourth-order valence-corrected chi connectivity index (χ4v) is 2.90. The van der Waals surface area contributed by atoms with Crippen molar-refractivity contribution >= 4 is 29.1 Å². The molecule has 2 aromatic carbocycles. The molecular weight excluding hydrogens is 366 g/mol. The summed E-state index contributed by atoms with van der Waals surface area (Å²) in [5.41, 5.74) is 3.16. The van der Waals surface area contributed by atoms with Gasteiger partial charge in [-0.25, -0.2) is 0 Å². The van der Waals surface area contributed by atoms with Crippen LogP contribution >= 0.6 is 0 Å². The Bertz CT molecular complexity index is 866. The number of anilines is 2. The Labute approximate surface area is 172 Å². The number of nitrogens with one attached hydrogen (secondary N) is 2. The average Bonchev–Trinajstić information content (AvgIpc) is 2.64. The maximum Gasteiger partial charge on any atom is 0.251 e. The molecule has 0 unspecified atom stereocenters. The van der Waals surface area contributed by atoms with E-state index in [0.717, 1.165) is 0 Å². The molecule has 2 rings (SSSR count). The molecule has 0 aromatic heterocycles. The van der Waals surface area contributed by atoms with E-state index in [4.69, 9.17) is 0 Å². The van der Waals surface area contributed by atoms with Crippen molar-refractivity contribution in [1.29, 1.82) is 0 Å². The quantitative estimate of drug-likeness (QED) is 0.782. The second-order valence-electron chi connectivity index (χ2n) is 7.98. The lowest BCUT2D eigenvalue weighted by atomic mass is 9.87. The van der Waals surface area contributed by atoms with Gasteiger partial charge in [-0.05, 0) is 47.4 Å². The first-order valence-electron chi connectivity index (χ1n) is 9.62. The van der Waals surface area contributed by atoms with Crippen LogP contribution < -0.4 is 15.5 Å². The van der Waals surface area contributed by atoms with E-state index in [1.807, 2.05) is 24.3 Å². The van der Waals surface area contributed by atoms with Crippen molar-refractivity contribution in [2.45, 2.75) is 40.0 Å². The molecule has 0 fully saturated rings. The molecular formula is C23H29N3O3. The first kappa shape index (κ1) is 22.1. The first-order chi connectivity index (χ1) is 13.6. The van der Waals surface area contributed by atoms with E-state index in [0.29, 0.717) is 30.0 Å². The number of amides is 3. The van der Waals surface area contributed by atoms with Crippen LogP contribution in [0.4, 0.5) is 11.4 Å². The fourth-order valence-electron chi connectivity index (χ4n) is 2.90. The van der Waals surface area contributed by atoms with Crippen molar-refractivity contribution in [3.8, 4) is 0 Å². The predicted octanol–water partition coefficient (Wildman–Crippen LogP) is 3.73. The number of carbonyl (C=O) groups excluding carboxylic acids is 3. The number of benzene rings is 2. The Hall–Kier alpha value is -3.15. The molecule has 0 aliphatic rings.